The molecule has 0 aliphatic heterocycles. The molecule has 0 fully saturated rings. The second-order valence-electron chi connectivity index (χ2n) is 3.69. The van der Waals surface area contributed by atoms with Crippen molar-refractivity contribution in [2.24, 2.45) is 0 Å². The molecule has 0 amide bonds. The first-order valence-corrected chi connectivity index (χ1v) is 6.23. The van der Waals surface area contributed by atoms with Crippen LogP contribution in [0.5, 0.6) is 0 Å². The molecule has 1 aromatic carbocycles. The van der Waals surface area contributed by atoms with Crippen molar-refractivity contribution in [2.75, 3.05) is 0 Å². The van der Waals surface area contributed by atoms with E-state index in [0.717, 1.165) is 17.4 Å². The Morgan fingerprint density at radius 2 is 1.67 bits per heavy atom. The van der Waals surface area contributed by atoms with Crippen molar-refractivity contribution in [1.82, 2.24) is 0 Å². The molecule has 3 nitrogen and oxygen atoms in total. The van der Waals surface area contributed by atoms with Crippen LogP contribution < -0.4 is 0 Å². The molecule has 4 heteroatoms. The Hall–Kier alpha value is -1.94. The third-order valence-electron chi connectivity index (χ3n) is 2.06. The lowest BCUT2D eigenvalue weighted by molar-refractivity contribution is -0.134. The highest BCUT2D eigenvalue weighted by molar-refractivity contribution is 7.12. The summed E-state index contributed by atoms with van der Waals surface area (Å²) in [5, 5.41) is 9.33. The summed E-state index contributed by atoms with van der Waals surface area (Å²) in [6, 6.07) is 11.4. The fourth-order valence-electron chi connectivity index (χ4n) is 1.25. The standard InChI is InChI=1S/C12H10OS.C2H4O2/c1-9-4-6-10(7-5-9)12(13)11-3-2-8-14-11;1-2(3)4/h2-8H,1H3;1H3,(H,3,4). The molecule has 0 atom stereocenters. The highest BCUT2D eigenvalue weighted by atomic mass is 32.1. The quantitative estimate of drug-likeness (QED) is 0.844. The molecule has 0 saturated heterocycles. The number of aliphatic carboxylic acids is 1. The Kier molecular flexibility index (Phi) is 5.27. The SMILES string of the molecule is CC(=O)O.Cc1ccc(C(=O)c2cccs2)cc1. The van der Waals surface area contributed by atoms with Crippen LogP contribution in [0.15, 0.2) is 41.8 Å². The van der Waals surface area contributed by atoms with E-state index in [1.165, 1.54) is 16.9 Å². The molecule has 1 aromatic heterocycles. The van der Waals surface area contributed by atoms with Gasteiger partial charge < -0.3 is 5.11 Å². The number of aryl methyl sites for hydroxylation is 1. The Labute approximate surface area is 110 Å². The zero-order chi connectivity index (χ0) is 13.5. The van der Waals surface area contributed by atoms with Crippen LogP contribution in [0.2, 0.25) is 0 Å². The molecule has 2 rings (SSSR count). The number of carbonyl (C=O) groups is 2. The van der Waals surface area contributed by atoms with E-state index in [1.54, 1.807) is 0 Å². The topological polar surface area (TPSA) is 54.4 Å². The lowest BCUT2D eigenvalue weighted by Gasteiger charge is -1.98. The van der Waals surface area contributed by atoms with Crippen molar-refractivity contribution >= 4 is 23.1 Å². The first kappa shape index (κ1) is 14.1. The minimum absolute atomic E-state index is 0.111. The molecule has 94 valence electrons. The molecule has 1 N–H and O–H groups in total. The number of ketones is 1. The van der Waals surface area contributed by atoms with Gasteiger partial charge in [-0.25, -0.2) is 0 Å². The van der Waals surface area contributed by atoms with Gasteiger partial charge in [0.2, 0.25) is 5.78 Å². The number of thiophene rings is 1. The summed E-state index contributed by atoms with van der Waals surface area (Å²) >= 11 is 1.48. The molecule has 0 aliphatic rings. The van der Waals surface area contributed by atoms with Crippen molar-refractivity contribution in [3.8, 4) is 0 Å². The molecule has 0 aliphatic carbocycles. The molecule has 0 bridgehead atoms. The first-order valence-electron chi connectivity index (χ1n) is 5.35. The van der Waals surface area contributed by atoms with Gasteiger partial charge in [-0.3, -0.25) is 9.59 Å². The molecule has 0 spiro atoms. The van der Waals surface area contributed by atoms with Gasteiger partial charge in [-0.2, -0.15) is 0 Å². The summed E-state index contributed by atoms with van der Waals surface area (Å²) in [5.74, 6) is -0.722. The minimum atomic E-state index is -0.833. The molecule has 0 radical (unpaired) electrons. The highest BCUT2D eigenvalue weighted by Gasteiger charge is 2.08. The van der Waals surface area contributed by atoms with E-state index < -0.39 is 5.97 Å². The second-order valence-corrected chi connectivity index (χ2v) is 4.64. The number of hydrogen-bond donors (Lipinski definition) is 1. The Balaban J connectivity index is 0.000000357. The van der Waals surface area contributed by atoms with Crippen molar-refractivity contribution < 1.29 is 14.7 Å². The smallest absolute Gasteiger partial charge is 0.300 e. The van der Waals surface area contributed by atoms with Crippen molar-refractivity contribution in [3.63, 3.8) is 0 Å². The van der Waals surface area contributed by atoms with Gasteiger partial charge in [0.05, 0.1) is 4.88 Å². The van der Waals surface area contributed by atoms with E-state index in [2.05, 4.69) is 0 Å². The van der Waals surface area contributed by atoms with Gasteiger partial charge in [0, 0.05) is 12.5 Å². The van der Waals surface area contributed by atoms with Gasteiger partial charge in [0.1, 0.15) is 0 Å². The number of benzene rings is 1. The van der Waals surface area contributed by atoms with Crippen LogP contribution in [-0.2, 0) is 4.79 Å². The fraction of sp³-hybridized carbons (Fsp3) is 0.143. The summed E-state index contributed by atoms with van der Waals surface area (Å²) < 4.78 is 0. The van der Waals surface area contributed by atoms with E-state index >= 15 is 0 Å². The summed E-state index contributed by atoms with van der Waals surface area (Å²) in [6.07, 6.45) is 0. The average molecular weight is 262 g/mol. The van der Waals surface area contributed by atoms with Crippen molar-refractivity contribution in [3.05, 3.63) is 57.8 Å². The van der Waals surface area contributed by atoms with Crippen LogP contribution in [0.3, 0.4) is 0 Å². The maximum Gasteiger partial charge on any atom is 0.300 e. The largest absolute Gasteiger partial charge is 0.481 e. The van der Waals surface area contributed by atoms with Crippen LogP contribution >= 0.6 is 11.3 Å². The zero-order valence-corrected chi connectivity index (χ0v) is 11.0. The highest BCUT2D eigenvalue weighted by Crippen LogP contribution is 2.15. The molecule has 0 unspecified atom stereocenters. The van der Waals surface area contributed by atoms with Gasteiger partial charge >= 0.3 is 0 Å². The van der Waals surface area contributed by atoms with E-state index in [-0.39, 0.29) is 5.78 Å². The van der Waals surface area contributed by atoms with Crippen LogP contribution in [0.25, 0.3) is 0 Å². The summed E-state index contributed by atoms with van der Waals surface area (Å²) in [6.45, 7) is 3.10. The van der Waals surface area contributed by atoms with Crippen LogP contribution in [0.4, 0.5) is 0 Å². The lowest BCUT2D eigenvalue weighted by atomic mass is 10.1. The summed E-state index contributed by atoms with van der Waals surface area (Å²) in [7, 11) is 0. The van der Waals surface area contributed by atoms with Crippen molar-refractivity contribution in [2.45, 2.75) is 13.8 Å². The monoisotopic (exact) mass is 262 g/mol. The van der Waals surface area contributed by atoms with Crippen LogP contribution in [0.1, 0.15) is 27.7 Å². The third kappa shape index (κ3) is 4.51. The lowest BCUT2D eigenvalue weighted by Crippen LogP contribution is -1.97. The Morgan fingerprint density at radius 1 is 1.11 bits per heavy atom. The van der Waals surface area contributed by atoms with E-state index in [4.69, 9.17) is 9.90 Å². The average Bonchev–Trinajstić information content (AvgIpc) is 2.81. The summed E-state index contributed by atoms with van der Waals surface area (Å²) in [5.41, 5.74) is 1.94. The van der Waals surface area contributed by atoms with E-state index in [0.29, 0.717) is 0 Å². The van der Waals surface area contributed by atoms with Crippen LogP contribution in [0, 0.1) is 6.92 Å². The fourth-order valence-corrected chi connectivity index (χ4v) is 1.94. The normalized spacial score (nSPS) is 9.22. The predicted molar refractivity (Wildman–Crippen MR) is 72.2 cm³/mol. The van der Waals surface area contributed by atoms with Crippen molar-refractivity contribution in [1.29, 1.82) is 0 Å². The van der Waals surface area contributed by atoms with Gasteiger partial charge in [0.15, 0.2) is 0 Å². The minimum Gasteiger partial charge on any atom is -0.481 e. The molecule has 0 saturated carbocycles. The number of carboxylic acids is 1. The Morgan fingerprint density at radius 3 is 2.11 bits per heavy atom. The number of hydrogen-bond acceptors (Lipinski definition) is 3. The van der Waals surface area contributed by atoms with Gasteiger partial charge in [-0.15, -0.1) is 11.3 Å². The first-order chi connectivity index (χ1) is 8.50. The van der Waals surface area contributed by atoms with Gasteiger partial charge in [0.25, 0.3) is 5.97 Å². The van der Waals surface area contributed by atoms with E-state index in [9.17, 15) is 4.79 Å². The summed E-state index contributed by atoms with van der Waals surface area (Å²) in [4.78, 5) is 21.6. The number of carboxylic acid groups (broad SMARTS) is 1. The third-order valence-corrected chi connectivity index (χ3v) is 2.93. The molecule has 1 heterocycles. The molecular weight excluding hydrogens is 248 g/mol. The van der Waals surface area contributed by atoms with Crippen LogP contribution in [-0.4, -0.2) is 16.9 Å². The van der Waals surface area contributed by atoms with E-state index in [1.807, 2.05) is 48.7 Å². The molecular formula is C14H14O3S. The molecule has 2 aromatic rings. The zero-order valence-electron chi connectivity index (χ0n) is 10.2. The predicted octanol–water partition coefficient (Wildman–Crippen LogP) is 3.38. The number of rotatable bonds is 2. The maximum atomic E-state index is 11.8. The van der Waals surface area contributed by atoms with Gasteiger partial charge in [-0.1, -0.05) is 35.9 Å². The number of carbonyl (C=O) groups excluding carboxylic acids is 1. The Bertz CT molecular complexity index is 508. The molecule has 18 heavy (non-hydrogen) atoms. The van der Waals surface area contributed by atoms with Gasteiger partial charge in [-0.05, 0) is 18.4 Å². The maximum absolute atomic E-state index is 11.8. The second kappa shape index (κ2) is 6.71.